The van der Waals surface area contributed by atoms with Crippen molar-refractivity contribution in [2.75, 3.05) is 7.11 Å². The van der Waals surface area contributed by atoms with Crippen LogP contribution in [0.4, 0.5) is 13.2 Å². The molecule has 24 heavy (non-hydrogen) atoms. The quantitative estimate of drug-likeness (QED) is 0.616. The summed E-state index contributed by atoms with van der Waals surface area (Å²) in [5, 5.41) is 11.3. The van der Waals surface area contributed by atoms with Crippen LogP contribution < -0.4 is 14.8 Å². The topological polar surface area (TPSA) is 54.3 Å². The Morgan fingerprint density at radius 2 is 1.79 bits per heavy atom. The highest BCUT2D eigenvalue weighted by Crippen LogP contribution is 2.23. The zero-order chi connectivity index (χ0) is 17.7. The third kappa shape index (κ3) is 5.34. The Bertz CT molecular complexity index is 718. The second kappa shape index (κ2) is 7.44. The summed E-state index contributed by atoms with van der Waals surface area (Å²) in [4.78, 5) is 0. The molecule has 2 rings (SSSR count). The van der Waals surface area contributed by atoms with Crippen LogP contribution in [0.2, 0.25) is 5.02 Å². The van der Waals surface area contributed by atoms with Crippen LogP contribution in [-0.4, -0.2) is 19.3 Å². The molecule has 0 aromatic heterocycles. The number of hydrogen-bond donors (Lipinski definition) is 2. The molecule has 0 aliphatic carbocycles. The Balaban J connectivity index is 1.99. The summed E-state index contributed by atoms with van der Waals surface area (Å²) in [7, 11) is 1.52. The molecule has 8 heteroatoms. The van der Waals surface area contributed by atoms with Crippen molar-refractivity contribution in [1.29, 1.82) is 5.41 Å². The fraction of sp³-hybridized carbons (Fsp3) is 0.188. The molecule has 0 radical (unpaired) electrons. The molecule has 2 aromatic rings. The maximum atomic E-state index is 12.1. The zero-order valence-corrected chi connectivity index (χ0v) is 13.3. The van der Waals surface area contributed by atoms with E-state index < -0.39 is 6.36 Å². The van der Waals surface area contributed by atoms with E-state index >= 15 is 0 Å². The number of ether oxygens (including phenoxy) is 2. The van der Waals surface area contributed by atoms with Crippen molar-refractivity contribution in [3.63, 3.8) is 0 Å². The van der Waals surface area contributed by atoms with E-state index in [0.29, 0.717) is 22.9 Å². The molecule has 128 valence electrons. The molecule has 4 nitrogen and oxygen atoms in total. The predicted octanol–water partition coefficient (Wildman–Crippen LogP) is 4.36. The van der Waals surface area contributed by atoms with Crippen molar-refractivity contribution >= 4 is 17.4 Å². The van der Waals surface area contributed by atoms with Crippen molar-refractivity contribution < 1.29 is 22.6 Å². The molecule has 0 aliphatic rings. The van der Waals surface area contributed by atoms with Crippen LogP contribution in [0.15, 0.2) is 42.5 Å². The third-order valence-corrected chi connectivity index (χ3v) is 3.23. The Labute approximate surface area is 141 Å². The molecular weight excluding hydrogens is 345 g/mol. The highest BCUT2D eigenvalue weighted by atomic mass is 35.5. The summed E-state index contributed by atoms with van der Waals surface area (Å²) < 4.78 is 45.2. The average molecular weight is 359 g/mol. The molecular formula is C16H14ClF3N2O2. The molecule has 0 saturated carbocycles. The summed E-state index contributed by atoms with van der Waals surface area (Å²) in [6, 6.07) is 10.2. The predicted molar refractivity (Wildman–Crippen MR) is 84.8 cm³/mol. The van der Waals surface area contributed by atoms with Gasteiger partial charge >= 0.3 is 6.36 Å². The van der Waals surface area contributed by atoms with Crippen molar-refractivity contribution in [2.45, 2.75) is 12.9 Å². The minimum Gasteiger partial charge on any atom is -0.497 e. The Morgan fingerprint density at radius 1 is 1.12 bits per heavy atom. The number of nitrogens with one attached hydrogen (secondary N) is 2. The lowest BCUT2D eigenvalue weighted by Gasteiger charge is -2.11. The minimum absolute atomic E-state index is 0.0625. The summed E-state index contributed by atoms with van der Waals surface area (Å²) in [5.74, 6) is 0.325. The fourth-order valence-corrected chi connectivity index (χ4v) is 2.20. The molecule has 0 bridgehead atoms. The summed E-state index contributed by atoms with van der Waals surface area (Å²) >= 11 is 5.96. The number of rotatable bonds is 5. The first-order valence-electron chi connectivity index (χ1n) is 6.79. The second-order valence-electron chi connectivity index (χ2n) is 4.80. The molecule has 2 N–H and O–H groups in total. The average Bonchev–Trinajstić information content (AvgIpc) is 2.51. The Kier molecular flexibility index (Phi) is 5.56. The van der Waals surface area contributed by atoms with Gasteiger partial charge in [0.15, 0.2) is 0 Å². The van der Waals surface area contributed by atoms with Gasteiger partial charge in [0, 0.05) is 17.1 Å². The van der Waals surface area contributed by atoms with Crippen LogP contribution in [0.1, 0.15) is 11.1 Å². The van der Waals surface area contributed by atoms with Gasteiger partial charge in [-0.05, 0) is 48.0 Å². The first kappa shape index (κ1) is 17.9. The second-order valence-corrected chi connectivity index (χ2v) is 5.24. The van der Waals surface area contributed by atoms with Crippen LogP contribution in [-0.2, 0) is 6.54 Å². The standard InChI is InChI=1S/C16H14ClF3N2O2/c1-23-14-7-10(6-12(17)8-14)9-22-15(21)11-2-4-13(5-3-11)24-16(18,19)20/h2-8H,9H2,1H3,(H2,21,22). The van der Waals surface area contributed by atoms with Crippen molar-refractivity contribution in [1.82, 2.24) is 5.32 Å². The summed E-state index contributed by atoms with van der Waals surface area (Å²) in [5.41, 5.74) is 1.24. The Hall–Kier alpha value is -2.41. The van der Waals surface area contributed by atoms with E-state index in [4.69, 9.17) is 21.7 Å². The molecule has 0 atom stereocenters. The van der Waals surface area contributed by atoms with E-state index in [1.165, 1.54) is 19.2 Å². The van der Waals surface area contributed by atoms with Crippen LogP contribution in [0.25, 0.3) is 0 Å². The number of alkyl halides is 3. The van der Waals surface area contributed by atoms with Gasteiger partial charge in [0.1, 0.15) is 17.3 Å². The van der Waals surface area contributed by atoms with Gasteiger partial charge in [0.2, 0.25) is 0 Å². The SMILES string of the molecule is COc1cc(Cl)cc(CNC(=N)c2ccc(OC(F)(F)F)cc2)c1. The van der Waals surface area contributed by atoms with Crippen LogP contribution >= 0.6 is 11.6 Å². The lowest BCUT2D eigenvalue weighted by molar-refractivity contribution is -0.274. The first-order valence-corrected chi connectivity index (χ1v) is 7.17. The molecule has 0 saturated heterocycles. The molecule has 0 spiro atoms. The first-order chi connectivity index (χ1) is 11.3. The molecule has 0 unspecified atom stereocenters. The highest BCUT2D eigenvalue weighted by Gasteiger charge is 2.30. The summed E-state index contributed by atoms with van der Waals surface area (Å²) in [6.45, 7) is 0.316. The monoisotopic (exact) mass is 358 g/mol. The molecule has 0 heterocycles. The molecule has 0 fully saturated rings. The van der Waals surface area contributed by atoms with Crippen LogP contribution in [0.3, 0.4) is 0 Å². The lowest BCUT2D eigenvalue weighted by atomic mass is 10.1. The fourth-order valence-electron chi connectivity index (χ4n) is 1.96. The van der Waals surface area contributed by atoms with Gasteiger partial charge in [-0.15, -0.1) is 13.2 Å². The van der Waals surface area contributed by atoms with Crippen LogP contribution in [0, 0.1) is 5.41 Å². The number of methoxy groups -OCH3 is 1. The van der Waals surface area contributed by atoms with Gasteiger partial charge in [-0.3, -0.25) is 5.41 Å². The number of halogens is 4. The van der Waals surface area contributed by atoms with Gasteiger partial charge in [-0.2, -0.15) is 0 Å². The van der Waals surface area contributed by atoms with E-state index in [9.17, 15) is 13.2 Å². The van der Waals surface area contributed by atoms with E-state index in [1.807, 2.05) is 0 Å². The van der Waals surface area contributed by atoms with Gasteiger partial charge in [-0.1, -0.05) is 11.6 Å². The van der Waals surface area contributed by atoms with Gasteiger partial charge in [0.25, 0.3) is 0 Å². The van der Waals surface area contributed by atoms with E-state index in [-0.39, 0.29) is 11.6 Å². The van der Waals surface area contributed by atoms with Crippen molar-refractivity contribution in [2.24, 2.45) is 0 Å². The lowest BCUT2D eigenvalue weighted by Crippen LogP contribution is -2.23. The highest BCUT2D eigenvalue weighted by molar-refractivity contribution is 6.30. The van der Waals surface area contributed by atoms with Gasteiger partial charge in [-0.25, -0.2) is 0 Å². The third-order valence-electron chi connectivity index (χ3n) is 3.01. The van der Waals surface area contributed by atoms with E-state index in [0.717, 1.165) is 17.7 Å². The number of benzene rings is 2. The zero-order valence-electron chi connectivity index (χ0n) is 12.6. The van der Waals surface area contributed by atoms with E-state index in [2.05, 4.69) is 10.1 Å². The van der Waals surface area contributed by atoms with Crippen molar-refractivity contribution in [3.8, 4) is 11.5 Å². The maximum absolute atomic E-state index is 12.1. The smallest absolute Gasteiger partial charge is 0.497 e. The number of amidine groups is 1. The largest absolute Gasteiger partial charge is 0.573 e. The molecule has 0 amide bonds. The molecule has 2 aromatic carbocycles. The molecule has 0 aliphatic heterocycles. The van der Waals surface area contributed by atoms with E-state index in [1.54, 1.807) is 18.2 Å². The van der Waals surface area contributed by atoms with Gasteiger partial charge in [0.05, 0.1) is 7.11 Å². The normalized spacial score (nSPS) is 11.0. The van der Waals surface area contributed by atoms with Crippen LogP contribution in [0.5, 0.6) is 11.5 Å². The Morgan fingerprint density at radius 3 is 2.38 bits per heavy atom. The number of hydrogen-bond acceptors (Lipinski definition) is 3. The summed E-state index contributed by atoms with van der Waals surface area (Å²) in [6.07, 6.45) is -4.74. The maximum Gasteiger partial charge on any atom is 0.573 e. The minimum atomic E-state index is -4.74. The van der Waals surface area contributed by atoms with Gasteiger partial charge < -0.3 is 14.8 Å². The van der Waals surface area contributed by atoms with Crippen molar-refractivity contribution in [3.05, 3.63) is 58.6 Å².